The molecule has 1 heterocycles. The number of hydrogen-bond donors (Lipinski definition) is 1. The third kappa shape index (κ3) is 3.60. The van der Waals surface area contributed by atoms with Gasteiger partial charge < -0.3 is 10.0 Å². The molecule has 1 fully saturated rings. The van der Waals surface area contributed by atoms with Gasteiger partial charge in [0, 0.05) is 24.9 Å². The molecule has 20 heavy (non-hydrogen) atoms. The lowest BCUT2D eigenvalue weighted by Gasteiger charge is -2.25. The first-order valence-electron chi connectivity index (χ1n) is 6.55. The van der Waals surface area contributed by atoms with Crippen molar-refractivity contribution in [3.63, 3.8) is 0 Å². The number of aliphatic carboxylic acids is 1. The van der Waals surface area contributed by atoms with Crippen LogP contribution in [0.25, 0.3) is 0 Å². The van der Waals surface area contributed by atoms with Crippen molar-refractivity contribution in [3.05, 3.63) is 0 Å². The van der Waals surface area contributed by atoms with Gasteiger partial charge in [-0.25, -0.2) is 0 Å². The third-order valence-corrected chi connectivity index (χ3v) is 5.01. The molecule has 0 aromatic carbocycles. The summed E-state index contributed by atoms with van der Waals surface area (Å²) in [7, 11) is 2.02. The van der Waals surface area contributed by atoms with Gasteiger partial charge in [-0.3, -0.25) is 9.36 Å². The highest BCUT2D eigenvalue weighted by atomic mass is 32.2. The summed E-state index contributed by atoms with van der Waals surface area (Å²) in [4.78, 5) is 12.8. The summed E-state index contributed by atoms with van der Waals surface area (Å²) >= 11 is 3.05. The summed E-state index contributed by atoms with van der Waals surface area (Å²) in [6.45, 7) is 2.16. The van der Waals surface area contributed by atoms with E-state index in [1.165, 1.54) is 11.8 Å². The van der Waals surface area contributed by atoms with Gasteiger partial charge in [-0.1, -0.05) is 11.8 Å². The molecule has 1 aliphatic rings. The Morgan fingerprint density at radius 1 is 1.55 bits per heavy atom. The Bertz CT molecular complexity index is 476. The van der Waals surface area contributed by atoms with E-state index in [2.05, 4.69) is 32.8 Å². The average Bonchev–Trinajstić information content (AvgIpc) is 3.15. The second-order valence-corrected chi connectivity index (χ2v) is 6.83. The normalized spacial score (nSPS) is 16.1. The van der Waals surface area contributed by atoms with Gasteiger partial charge in [-0.2, -0.15) is 11.8 Å². The molecule has 1 aromatic heterocycles. The predicted octanol–water partition coefficient (Wildman–Crippen LogP) is 1.98. The Balaban J connectivity index is 2.18. The standard InChI is InChI=1S/C12H20N4O2S2/c1-8(6-19-3)15(2)11-13-14-12(20-7-10(17)18)16(11)9-4-5-9/h8-9H,4-7H2,1-3H3,(H,17,18). The molecule has 1 saturated carbocycles. The molecular formula is C12H20N4O2S2. The van der Waals surface area contributed by atoms with Crippen LogP contribution in [0.1, 0.15) is 25.8 Å². The molecule has 0 saturated heterocycles. The van der Waals surface area contributed by atoms with Crippen LogP contribution in [0, 0.1) is 0 Å². The molecule has 8 heteroatoms. The van der Waals surface area contributed by atoms with Gasteiger partial charge in [-0.15, -0.1) is 10.2 Å². The Hall–Kier alpha value is -0.890. The van der Waals surface area contributed by atoms with Crippen LogP contribution in [0.3, 0.4) is 0 Å². The number of thioether (sulfide) groups is 2. The molecular weight excluding hydrogens is 296 g/mol. The molecule has 1 N–H and O–H groups in total. The predicted molar refractivity (Wildman–Crippen MR) is 82.9 cm³/mol. The maximum Gasteiger partial charge on any atom is 0.313 e. The fraction of sp³-hybridized carbons (Fsp3) is 0.750. The van der Waals surface area contributed by atoms with Crippen molar-refractivity contribution in [2.24, 2.45) is 0 Å². The number of carbonyl (C=O) groups is 1. The van der Waals surface area contributed by atoms with Crippen LogP contribution in [0.2, 0.25) is 0 Å². The molecule has 0 spiro atoms. The minimum absolute atomic E-state index is 0.0228. The minimum atomic E-state index is -0.828. The van der Waals surface area contributed by atoms with Gasteiger partial charge in [0.1, 0.15) is 0 Å². The lowest BCUT2D eigenvalue weighted by molar-refractivity contribution is -0.133. The van der Waals surface area contributed by atoms with Crippen LogP contribution >= 0.6 is 23.5 Å². The van der Waals surface area contributed by atoms with E-state index in [9.17, 15) is 4.79 Å². The summed E-state index contributed by atoms with van der Waals surface area (Å²) in [5, 5.41) is 18.0. The van der Waals surface area contributed by atoms with Crippen molar-refractivity contribution in [3.8, 4) is 0 Å². The highest BCUT2D eigenvalue weighted by Crippen LogP contribution is 2.41. The Kier molecular flexibility index (Phi) is 5.20. The lowest BCUT2D eigenvalue weighted by atomic mass is 10.3. The second-order valence-electron chi connectivity index (χ2n) is 4.98. The highest BCUT2D eigenvalue weighted by molar-refractivity contribution is 7.99. The van der Waals surface area contributed by atoms with Crippen LogP contribution in [0.15, 0.2) is 5.16 Å². The zero-order chi connectivity index (χ0) is 14.7. The highest BCUT2D eigenvalue weighted by Gasteiger charge is 2.31. The summed E-state index contributed by atoms with van der Waals surface area (Å²) in [6, 6.07) is 0.796. The molecule has 0 aliphatic heterocycles. The number of anilines is 1. The Morgan fingerprint density at radius 3 is 2.80 bits per heavy atom. The summed E-state index contributed by atoms with van der Waals surface area (Å²) in [6.07, 6.45) is 4.33. The Labute approximate surface area is 127 Å². The smallest absolute Gasteiger partial charge is 0.313 e. The molecule has 0 bridgehead atoms. The van der Waals surface area contributed by atoms with Crippen LogP contribution in [-0.2, 0) is 4.79 Å². The molecule has 1 atom stereocenters. The van der Waals surface area contributed by atoms with E-state index in [4.69, 9.17) is 5.11 Å². The number of aromatic nitrogens is 3. The van der Waals surface area contributed by atoms with Crippen molar-refractivity contribution in [2.45, 2.75) is 37.0 Å². The lowest BCUT2D eigenvalue weighted by Crippen LogP contribution is -2.33. The molecule has 1 aromatic rings. The van der Waals surface area contributed by atoms with Crippen molar-refractivity contribution in [1.82, 2.24) is 14.8 Å². The van der Waals surface area contributed by atoms with E-state index in [0.29, 0.717) is 17.2 Å². The molecule has 6 nitrogen and oxygen atoms in total. The van der Waals surface area contributed by atoms with Gasteiger partial charge in [-0.05, 0) is 26.0 Å². The van der Waals surface area contributed by atoms with Crippen molar-refractivity contribution >= 4 is 35.4 Å². The van der Waals surface area contributed by atoms with E-state index in [0.717, 1.165) is 24.5 Å². The topological polar surface area (TPSA) is 71.2 Å². The van der Waals surface area contributed by atoms with E-state index in [-0.39, 0.29) is 5.75 Å². The first kappa shape index (κ1) is 15.5. The maximum atomic E-state index is 10.7. The second kappa shape index (κ2) is 6.71. The van der Waals surface area contributed by atoms with E-state index < -0.39 is 5.97 Å². The molecule has 112 valence electrons. The average molecular weight is 316 g/mol. The fourth-order valence-corrected chi connectivity index (χ4v) is 3.36. The number of carboxylic acids is 1. The van der Waals surface area contributed by atoms with Gasteiger partial charge in [0.2, 0.25) is 5.95 Å². The van der Waals surface area contributed by atoms with Gasteiger partial charge >= 0.3 is 5.97 Å². The summed E-state index contributed by atoms with van der Waals surface area (Å²) in [5.41, 5.74) is 0. The van der Waals surface area contributed by atoms with Crippen molar-refractivity contribution in [2.75, 3.05) is 29.7 Å². The van der Waals surface area contributed by atoms with Gasteiger partial charge in [0.05, 0.1) is 5.75 Å². The summed E-state index contributed by atoms with van der Waals surface area (Å²) in [5.74, 6) is 1.06. The monoisotopic (exact) mass is 316 g/mol. The molecule has 1 unspecified atom stereocenters. The Morgan fingerprint density at radius 2 is 2.25 bits per heavy atom. The van der Waals surface area contributed by atoms with Gasteiger partial charge in [0.25, 0.3) is 0 Å². The quantitative estimate of drug-likeness (QED) is 0.735. The molecule has 0 amide bonds. The number of hydrogen-bond acceptors (Lipinski definition) is 6. The van der Waals surface area contributed by atoms with Crippen molar-refractivity contribution in [1.29, 1.82) is 0 Å². The zero-order valence-electron chi connectivity index (χ0n) is 11.9. The zero-order valence-corrected chi connectivity index (χ0v) is 13.6. The third-order valence-electron chi connectivity index (χ3n) is 3.27. The molecule has 1 aliphatic carbocycles. The van der Waals surface area contributed by atoms with Crippen LogP contribution in [-0.4, -0.2) is 56.7 Å². The van der Waals surface area contributed by atoms with Crippen molar-refractivity contribution < 1.29 is 9.90 Å². The maximum absolute atomic E-state index is 10.7. The van der Waals surface area contributed by atoms with Crippen LogP contribution in [0.4, 0.5) is 5.95 Å². The first-order valence-corrected chi connectivity index (χ1v) is 8.93. The number of nitrogens with zero attached hydrogens (tertiary/aromatic N) is 4. The minimum Gasteiger partial charge on any atom is -0.481 e. The summed E-state index contributed by atoms with van der Waals surface area (Å²) < 4.78 is 2.10. The fourth-order valence-electron chi connectivity index (χ4n) is 1.94. The van der Waals surface area contributed by atoms with E-state index in [1.807, 2.05) is 7.05 Å². The van der Waals surface area contributed by atoms with E-state index >= 15 is 0 Å². The molecule has 0 radical (unpaired) electrons. The van der Waals surface area contributed by atoms with Gasteiger partial charge in [0.15, 0.2) is 5.16 Å². The largest absolute Gasteiger partial charge is 0.481 e. The SMILES string of the molecule is CSCC(C)N(C)c1nnc(SCC(=O)O)n1C1CC1. The van der Waals surface area contributed by atoms with Crippen LogP contribution < -0.4 is 4.90 Å². The van der Waals surface area contributed by atoms with Crippen LogP contribution in [0.5, 0.6) is 0 Å². The number of rotatable bonds is 8. The van der Waals surface area contributed by atoms with E-state index in [1.54, 1.807) is 11.8 Å². The first-order chi connectivity index (χ1) is 9.54. The number of carboxylic acid groups (broad SMARTS) is 1. The molecule has 2 rings (SSSR count).